The van der Waals surface area contributed by atoms with E-state index in [0.29, 0.717) is 0 Å². The molecule has 1 saturated heterocycles. The molecule has 1 amide bonds. The Morgan fingerprint density at radius 3 is 2.38 bits per heavy atom. The molecule has 0 aliphatic carbocycles. The summed E-state index contributed by atoms with van der Waals surface area (Å²) < 4.78 is 7.61. The number of amides is 1. The van der Waals surface area contributed by atoms with Gasteiger partial charge in [0, 0.05) is 18.2 Å². The van der Waals surface area contributed by atoms with Crippen LogP contribution in [0.1, 0.15) is 24.2 Å². The minimum Gasteiger partial charge on any atom is -0.497 e. The number of carbonyl (C=O) groups excluding carboxylic acids is 1. The van der Waals surface area contributed by atoms with Crippen LogP contribution in [0.25, 0.3) is 11.0 Å². The summed E-state index contributed by atoms with van der Waals surface area (Å²) in [7, 11) is 1.69. The van der Waals surface area contributed by atoms with Crippen LogP contribution in [-0.4, -0.2) is 40.6 Å². The Morgan fingerprint density at radius 1 is 0.941 bits per heavy atom. The number of piperidine rings is 1. The topological polar surface area (TPSA) is 59.4 Å². The van der Waals surface area contributed by atoms with Crippen molar-refractivity contribution in [3.05, 3.63) is 90.3 Å². The number of methoxy groups -OCH3 is 1. The molecule has 174 valence electrons. The molecule has 6 heteroatoms. The number of likely N-dealkylation sites (tertiary alicyclic amines) is 1. The van der Waals surface area contributed by atoms with Gasteiger partial charge in [0.2, 0.25) is 5.91 Å². The number of anilines is 1. The molecule has 0 unspecified atom stereocenters. The number of nitrogens with zero attached hydrogens (tertiary/aromatic N) is 3. The van der Waals surface area contributed by atoms with E-state index in [1.807, 2.05) is 48.5 Å². The highest BCUT2D eigenvalue weighted by Gasteiger charge is 2.26. The quantitative estimate of drug-likeness (QED) is 0.430. The molecular formula is C28H30N4O2. The van der Waals surface area contributed by atoms with Gasteiger partial charge in [-0.05, 0) is 67.9 Å². The predicted octanol–water partition coefficient (Wildman–Crippen LogP) is 4.94. The van der Waals surface area contributed by atoms with Crippen LogP contribution < -0.4 is 10.1 Å². The van der Waals surface area contributed by atoms with Crippen LogP contribution in [0.5, 0.6) is 5.75 Å². The minimum absolute atomic E-state index is 0.0505. The summed E-state index contributed by atoms with van der Waals surface area (Å²) in [6.07, 6.45) is 1.72. The molecular weight excluding hydrogens is 424 g/mol. The van der Waals surface area contributed by atoms with Gasteiger partial charge in [0.1, 0.15) is 11.6 Å². The average molecular weight is 455 g/mol. The number of imidazole rings is 1. The zero-order chi connectivity index (χ0) is 23.3. The Balaban J connectivity index is 1.27. The lowest BCUT2D eigenvalue weighted by Crippen LogP contribution is -2.38. The van der Waals surface area contributed by atoms with Gasteiger partial charge in [-0.25, -0.2) is 4.98 Å². The van der Waals surface area contributed by atoms with Gasteiger partial charge in [0.05, 0.1) is 24.7 Å². The number of ether oxygens (including phenoxy) is 1. The highest BCUT2D eigenvalue weighted by atomic mass is 16.5. The maximum Gasteiger partial charge on any atom is 0.227 e. The molecule has 0 saturated carbocycles. The maximum atomic E-state index is 12.7. The van der Waals surface area contributed by atoms with Crippen LogP contribution in [-0.2, 0) is 17.9 Å². The molecule has 1 aliphatic heterocycles. The van der Waals surface area contributed by atoms with E-state index in [9.17, 15) is 4.79 Å². The van der Waals surface area contributed by atoms with Gasteiger partial charge in [0.25, 0.3) is 0 Å². The molecule has 4 aromatic rings. The first kappa shape index (κ1) is 22.2. The summed E-state index contributed by atoms with van der Waals surface area (Å²) >= 11 is 0. The first-order chi connectivity index (χ1) is 16.7. The first-order valence-corrected chi connectivity index (χ1v) is 11.8. The van der Waals surface area contributed by atoms with Crippen molar-refractivity contribution in [3.63, 3.8) is 0 Å². The molecule has 0 spiro atoms. The van der Waals surface area contributed by atoms with Gasteiger partial charge in [-0.2, -0.15) is 0 Å². The molecule has 1 aliphatic rings. The lowest BCUT2D eigenvalue weighted by Gasteiger charge is -2.31. The Bertz CT molecular complexity index is 1240. The van der Waals surface area contributed by atoms with Crippen molar-refractivity contribution in [2.45, 2.75) is 25.9 Å². The van der Waals surface area contributed by atoms with E-state index in [1.165, 1.54) is 5.56 Å². The molecule has 1 aromatic heterocycles. The van der Waals surface area contributed by atoms with Crippen molar-refractivity contribution >= 4 is 22.6 Å². The van der Waals surface area contributed by atoms with E-state index in [1.54, 1.807) is 7.11 Å². The van der Waals surface area contributed by atoms with Crippen molar-refractivity contribution in [3.8, 4) is 5.75 Å². The summed E-state index contributed by atoms with van der Waals surface area (Å²) in [4.78, 5) is 20.1. The predicted molar refractivity (Wildman–Crippen MR) is 135 cm³/mol. The molecule has 6 nitrogen and oxygen atoms in total. The van der Waals surface area contributed by atoms with E-state index < -0.39 is 0 Å². The van der Waals surface area contributed by atoms with Gasteiger partial charge < -0.3 is 14.6 Å². The molecule has 0 bridgehead atoms. The van der Waals surface area contributed by atoms with Gasteiger partial charge in [-0.3, -0.25) is 9.69 Å². The van der Waals surface area contributed by atoms with Gasteiger partial charge in [-0.1, -0.05) is 42.5 Å². The number of fused-ring (bicyclic) bond motifs is 1. The average Bonchev–Trinajstić information content (AvgIpc) is 3.22. The van der Waals surface area contributed by atoms with E-state index in [2.05, 4.69) is 45.1 Å². The second-order valence-corrected chi connectivity index (χ2v) is 8.86. The highest BCUT2D eigenvalue weighted by Crippen LogP contribution is 2.24. The van der Waals surface area contributed by atoms with E-state index in [-0.39, 0.29) is 11.8 Å². The molecule has 2 heterocycles. The van der Waals surface area contributed by atoms with E-state index in [0.717, 1.165) is 67.3 Å². The normalized spacial score (nSPS) is 14.9. The van der Waals surface area contributed by atoms with Crippen molar-refractivity contribution in [1.82, 2.24) is 14.5 Å². The maximum absolute atomic E-state index is 12.7. The lowest BCUT2D eigenvalue weighted by molar-refractivity contribution is -0.121. The smallest absolute Gasteiger partial charge is 0.227 e. The second kappa shape index (κ2) is 10.1. The van der Waals surface area contributed by atoms with Crippen molar-refractivity contribution in [1.29, 1.82) is 0 Å². The van der Waals surface area contributed by atoms with Gasteiger partial charge in [0.15, 0.2) is 0 Å². The van der Waals surface area contributed by atoms with Crippen LogP contribution >= 0.6 is 0 Å². The third kappa shape index (κ3) is 4.97. The Hall–Kier alpha value is -3.64. The highest BCUT2D eigenvalue weighted by molar-refractivity contribution is 5.92. The molecule has 0 atom stereocenters. The standard InChI is InChI=1S/C28H30N4O2/c1-34-24-13-11-21(12-14-24)19-32-26-10-6-5-9-25(26)30-27(32)20-31-17-15-22(16-18-31)28(33)29-23-7-3-2-4-8-23/h2-14,22H,15-20H2,1H3,(H,29,33). The molecule has 3 aromatic carbocycles. The molecule has 1 fully saturated rings. The number of benzene rings is 3. The molecule has 0 radical (unpaired) electrons. The van der Waals surface area contributed by atoms with Crippen LogP contribution in [0.2, 0.25) is 0 Å². The molecule has 34 heavy (non-hydrogen) atoms. The van der Waals surface area contributed by atoms with Crippen molar-refractivity contribution in [2.75, 3.05) is 25.5 Å². The fourth-order valence-corrected chi connectivity index (χ4v) is 4.66. The van der Waals surface area contributed by atoms with Crippen LogP contribution in [0.3, 0.4) is 0 Å². The number of nitrogens with one attached hydrogen (secondary N) is 1. The Labute approximate surface area is 200 Å². The number of aromatic nitrogens is 2. The van der Waals surface area contributed by atoms with Crippen LogP contribution in [0, 0.1) is 5.92 Å². The summed E-state index contributed by atoms with van der Waals surface area (Å²) in [6.45, 7) is 3.31. The number of para-hydroxylation sites is 3. The minimum atomic E-state index is 0.0505. The van der Waals surface area contributed by atoms with Crippen molar-refractivity contribution in [2.24, 2.45) is 5.92 Å². The summed E-state index contributed by atoms with van der Waals surface area (Å²) in [6, 6.07) is 26.2. The third-order valence-electron chi connectivity index (χ3n) is 6.60. The largest absolute Gasteiger partial charge is 0.497 e. The Morgan fingerprint density at radius 2 is 1.65 bits per heavy atom. The first-order valence-electron chi connectivity index (χ1n) is 11.8. The number of rotatable bonds is 7. The van der Waals surface area contributed by atoms with E-state index >= 15 is 0 Å². The fourth-order valence-electron chi connectivity index (χ4n) is 4.66. The SMILES string of the molecule is COc1ccc(Cn2c(CN3CCC(C(=O)Nc4ccccc4)CC3)nc3ccccc32)cc1. The fraction of sp³-hybridized carbons (Fsp3) is 0.286. The number of carbonyl (C=O) groups is 1. The molecule has 1 N–H and O–H groups in total. The van der Waals surface area contributed by atoms with Gasteiger partial charge >= 0.3 is 0 Å². The van der Waals surface area contributed by atoms with Crippen LogP contribution in [0.4, 0.5) is 5.69 Å². The second-order valence-electron chi connectivity index (χ2n) is 8.86. The summed E-state index contributed by atoms with van der Waals surface area (Å²) in [5.41, 5.74) is 4.23. The third-order valence-corrected chi connectivity index (χ3v) is 6.60. The van der Waals surface area contributed by atoms with Crippen LogP contribution in [0.15, 0.2) is 78.9 Å². The summed E-state index contributed by atoms with van der Waals surface area (Å²) in [5.74, 6) is 2.09. The lowest BCUT2D eigenvalue weighted by atomic mass is 9.96. The zero-order valence-electron chi connectivity index (χ0n) is 19.5. The van der Waals surface area contributed by atoms with E-state index in [4.69, 9.17) is 9.72 Å². The number of hydrogen-bond acceptors (Lipinski definition) is 4. The summed E-state index contributed by atoms with van der Waals surface area (Å²) in [5, 5.41) is 3.06. The zero-order valence-corrected chi connectivity index (χ0v) is 19.5. The van der Waals surface area contributed by atoms with Crippen molar-refractivity contribution < 1.29 is 9.53 Å². The number of hydrogen-bond donors (Lipinski definition) is 1. The van der Waals surface area contributed by atoms with Gasteiger partial charge in [-0.15, -0.1) is 0 Å². The molecule has 5 rings (SSSR count). The monoisotopic (exact) mass is 454 g/mol. The Kier molecular flexibility index (Phi) is 6.58.